The van der Waals surface area contributed by atoms with Gasteiger partial charge in [0.15, 0.2) is 0 Å². The lowest BCUT2D eigenvalue weighted by molar-refractivity contribution is -0.0989. The van der Waals surface area contributed by atoms with Crippen molar-refractivity contribution in [1.82, 2.24) is 9.80 Å². The summed E-state index contributed by atoms with van der Waals surface area (Å²) in [5.41, 5.74) is 3.39. The van der Waals surface area contributed by atoms with E-state index in [1.54, 1.807) is 6.07 Å². The van der Waals surface area contributed by atoms with Gasteiger partial charge in [-0.15, -0.1) is 0 Å². The molecule has 2 aromatic rings. The Labute approximate surface area is 213 Å². The van der Waals surface area contributed by atoms with E-state index < -0.39 is 9.84 Å². The molecule has 0 radical (unpaired) electrons. The summed E-state index contributed by atoms with van der Waals surface area (Å²) < 4.78 is 24.1. The number of likely N-dealkylation sites (tertiary alicyclic amines) is 2. The number of phenols is 1. The Balaban J connectivity index is 1.32. The maximum atomic E-state index is 13.6. The first-order valence-electron chi connectivity index (χ1n) is 13.3. The van der Waals surface area contributed by atoms with E-state index in [0.717, 1.165) is 50.8 Å². The predicted octanol–water partition coefficient (Wildman–Crippen LogP) is 3.25. The van der Waals surface area contributed by atoms with E-state index in [1.165, 1.54) is 17.4 Å². The maximum Gasteiger partial charge on any atom is 0.254 e. The van der Waals surface area contributed by atoms with Crippen molar-refractivity contribution in [2.24, 2.45) is 17.3 Å². The van der Waals surface area contributed by atoms with Crippen molar-refractivity contribution in [2.45, 2.75) is 49.6 Å². The van der Waals surface area contributed by atoms with E-state index in [4.69, 9.17) is 0 Å². The van der Waals surface area contributed by atoms with Crippen LogP contribution < -0.4 is 0 Å². The fourth-order valence-corrected chi connectivity index (χ4v) is 10.2. The number of hydrogen-bond donors (Lipinski definition) is 1. The largest absolute Gasteiger partial charge is 0.508 e. The molecule has 3 aliphatic carbocycles. The number of rotatable bonds is 4. The van der Waals surface area contributed by atoms with Crippen LogP contribution in [0.4, 0.5) is 0 Å². The van der Waals surface area contributed by atoms with Gasteiger partial charge in [0, 0.05) is 42.4 Å². The van der Waals surface area contributed by atoms with Gasteiger partial charge >= 0.3 is 0 Å². The summed E-state index contributed by atoms with van der Waals surface area (Å²) in [6.45, 7) is 2.27. The molecule has 2 aromatic carbocycles. The second-order valence-corrected chi connectivity index (χ2v) is 14.3. The van der Waals surface area contributed by atoms with Gasteiger partial charge in [-0.2, -0.15) is 0 Å². The van der Waals surface area contributed by atoms with Gasteiger partial charge in [-0.25, -0.2) is 8.42 Å². The standard InChI is InChI=1S/C29H34N2O4S/c1-36(34,35)14-13-30-12-11-29-23-16-22(32)8-7-20(23)15-25(30)28(29)10-9-24-26(29)21(17-28)18-31(24)27(33)19-5-3-2-4-6-19/h2-8,16,21,24-26,32H,9-15,17-18H2,1H3/t21-,24?,25?,26?,28?,29?/m1/s1. The molecule has 0 spiro atoms. The van der Waals surface area contributed by atoms with Gasteiger partial charge in [0.1, 0.15) is 15.6 Å². The molecule has 4 fully saturated rings. The molecule has 6 nitrogen and oxygen atoms in total. The average molecular weight is 507 g/mol. The smallest absolute Gasteiger partial charge is 0.254 e. The summed E-state index contributed by atoms with van der Waals surface area (Å²) in [4.78, 5) is 18.3. The second-order valence-electron chi connectivity index (χ2n) is 12.0. The van der Waals surface area contributed by atoms with Crippen molar-refractivity contribution >= 4 is 15.7 Å². The molecule has 5 aliphatic rings. The summed E-state index contributed by atoms with van der Waals surface area (Å²) in [5.74, 6) is 1.50. The highest BCUT2D eigenvalue weighted by atomic mass is 32.2. The van der Waals surface area contributed by atoms with Gasteiger partial charge < -0.3 is 10.0 Å². The van der Waals surface area contributed by atoms with Gasteiger partial charge in [-0.05, 0) is 91.3 Å². The highest BCUT2D eigenvalue weighted by Crippen LogP contribution is 2.75. The number of sulfone groups is 1. The van der Waals surface area contributed by atoms with Crippen molar-refractivity contribution in [3.63, 3.8) is 0 Å². The zero-order valence-corrected chi connectivity index (χ0v) is 21.6. The Kier molecular flexibility index (Phi) is 4.79. The molecular formula is C29H34N2O4S. The van der Waals surface area contributed by atoms with E-state index in [2.05, 4.69) is 15.9 Å². The van der Waals surface area contributed by atoms with Crippen molar-refractivity contribution < 1.29 is 18.3 Å². The zero-order chi connectivity index (χ0) is 24.9. The van der Waals surface area contributed by atoms with Crippen LogP contribution in [0.1, 0.15) is 47.2 Å². The van der Waals surface area contributed by atoms with Gasteiger partial charge in [-0.1, -0.05) is 24.3 Å². The van der Waals surface area contributed by atoms with Crippen molar-refractivity contribution in [3.8, 4) is 5.75 Å². The second kappa shape index (κ2) is 7.57. The fraction of sp³-hybridized carbons (Fsp3) is 0.552. The Morgan fingerprint density at radius 3 is 2.72 bits per heavy atom. The number of carbonyl (C=O) groups is 1. The third-order valence-electron chi connectivity index (χ3n) is 10.6. The molecule has 1 amide bonds. The molecule has 2 saturated heterocycles. The molecule has 2 heterocycles. The minimum Gasteiger partial charge on any atom is -0.508 e. The molecule has 7 heteroatoms. The Morgan fingerprint density at radius 2 is 1.94 bits per heavy atom. The van der Waals surface area contributed by atoms with E-state index >= 15 is 0 Å². The van der Waals surface area contributed by atoms with Crippen LogP contribution in [0, 0.1) is 17.3 Å². The molecule has 2 saturated carbocycles. The van der Waals surface area contributed by atoms with Crippen molar-refractivity contribution in [1.29, 1.82) is 0 Å². The van der Waals surface area contributed by atoms with Gasteiger partial charge in [0.05, 0.1) is 5.75 Å². The van der Waals surface area contributed by atoms with E-state index in [-0.39, 0.29) is 28.5 Å². The van der Waals surface area contributed by atoms with Crippen LogP contribution in [-0.2, 0) is 21.7 Å². The number of aromatic hydroxyl groups is 1. The summed E-state index contributed by atoms with van der Waals surface area (Å²) in [7, 11) is -3.03. The number of fused-ring (bicyclic) bond motifs is 1. The summed E-state index contributed by atoms with van der Waals surface area (Å²) in [5, 5.41) is 10.6. The predicted molar refractivity (Wildman–Crippen MR) is 138 cm³/mol. The quantitative estimate of drug-likeness (QED) is 0.689. The summed E-state index contributed by atoms with van der Waals surface area (Å²) in [6.07, 6.45) is 6.36. The number of piperidine rings is 1. The lowest BCUT2D eigenvalue weighted by Gasteiger charge is -2.66. The number of benzene rings is 2. The molecule has 5 unspecified atom stereocenters. The van der Waals surface area contributed by atoms with Gasteiger partial charge in [-0.3, -0.25) is 9.69 Å². The first-order valence-corrected chi connectivity index (χ1v) is 15.4. The lowest BCUT2D eigenvalue weighted by Crippen LogP contribution is -2.70. The monoisotopic (exact) mass is 506 g/mol. The van der Waals surface area contributed by atoms with E-state index in [9.17, 15) is 18.3 Å². The molecule has 0 aromatic heterocycles. The third kappa shape index (κ3) is 2.93. The molecular weight excluding hydrogens is 472 g/mol. The highest BCUT2D eigenvalue weighted by molar-refractivity contribution is 7.90. The van der Waals surface area contributed by atoms with Crippen LogP contribution in [0.3, 0.4) is 0 Å². The minimum atomic E-state index is -3.03. The van der Waals surface area contributed by atoms with E-state index in [1.807, 2.05) is 36.4 Å². The summed E-state index contributed by atoms with van der Waals surface area (Å²) in [6, 6.07) is 16.1. The molecule has 6 atom stereocenters. The third-order valence-corrected chi connectivity index (χ3v) is 11.5. The molecule has 4 bridgehead atoms. The number of amides is 1. The number of phenolic OH excluding ortho intramolecular Hbond substituents is 1. The molecule has 1 N–H and O–H groups in total. The minimum absolute atomic E-state index is 0.0646. The van der Waals surface area contributed by atoms with Crippen LogP contribution in [0.2, 0.25) is 0 Å². The Hall–Kier alpha value is -2.38. The Morgan fingerprint density at radius 1 is 1.14 bits per heavy atom. The van der Waals surface area contributed by atoms with Crippen LogP contribution in [0.25, 0.3) is 0 Å². The van der Waals surface area contributed by atoms with Gasteiger partial charge in [0.25, 0.3) is 5.91 Å². The van der Waals surface area contributed by atoms with Crippen molar-refractivity contribution in [2.75, 3.05) is 31.6 Å². The van der Waals surface area contributed by atoms with Gasteiger partial charge in [0.2, 0.25) is 0 Å². The van der Waals surface area contributed by atoms with Crippen LogP contribution in [0.5, 0.6) is 5.75 Å². The molecule has 190 valence electrons. The normalized spacial score (nSPS) is 36.4. The first kappa shape index (κ1) is 22.8. The molecule has 2 aliphatic heterocycles. The van der Waals surface area contributed by atoms with Crippen molar-refractivity contribution in [3.05, 3.63) is 65.2 Å². The first-order chi connectivity index (χ1) is 17.2. The van der Waals surface area contributed by atoms with Crippen LogP contribution in [-0.4, -0.2) is 73.0 Å². The number of hydrogen-bond acceptors (Lipinski definition) is 5. The lowest BCUT2D eigenvalue weighted by atomic mass is 9.43. The van der Waals surface area contributed by atoms with Crippen LogP contribution in [0.15, 0.2) is 48.5 Å². The SMILES string of the molecule is CS(=O)(=O)CCN1CCC23c4cc(O)ccc4CC1C21CCC2C3[C@@H](CN2C(=O)c2ccccc2)C1. The topological polar surface area (TPSA) is 77.9 Å². The number of carbonyl (C=O) groups excluding carboxylic acids is 1. The maximum absolute atomic E-state index is 13.6. The number of nitrogens with zero attached hydrogens (tertiary/aromatic N) is 2. The van der Waals surface area contributed by atoms with E-state index in [0.29, 0.717) is 30.2 Å². The molecule has 36 heavy (non-hydrogen) atoms. The highest BCUT2D eigenvalue weighted by Gasteiger charge is 2.76. The Bertz CT molecular complexity index is 1340. The molecule has 7 rings (SSSR count). The zero-order valence-electron chi connectivity index (χ0n) is 20.8. The average Bonchev–Trinajstić information content (AvgIpc) is 3.30. The summed E-state index contributed by atoms with van der Waals surface area (Å²) >= 11 is 0. The van der Waals surface area contributed by atoms with Crippen LogP contribution >= 0.6 is 0 Å². The fourth-order valence-electron chi connectivity index (χ4n) is 9.62.